The van der Waals surface area contributed by atoms with E-state index in [1.54, 1.807) is 11.0 Å². The molecule has 1 aromatic carbocycles. The molecule has 2 unspecified atom stereocenters. The molecule has 2 rings (SSSR count). The van der Waals surface area contributed by atoms with E-state index in [0.717, 1.165) is 12.8 Å². The summed E-state index contributed by atoms with van der Waals surface area (Å²) < 4.78 is 13.8. The van der Waals surface area contributed by atoms with Gasteiger partial charge in [0.2, 0.25) is 0 Å². The molecular formula is C13H16ClFN2O. The fourth-order valence-corrected chi connectivity index (χ4v) is 2.51. The molecule has 2 N–H and O–H groups in total. The predicted molar refractivity (Wildman–Crippen MR) is 69.1 cm³/mol. The first-order chi connectivity index (χ1) is 8.50. The molecule has 1 saturated heterocycles. The molecule has 1 aromatic rings. The number of halogens is 2. The third-order valence-electron chi connectivity index (χ3n) is 3.36. The Morgan fingerprint density at radius 1 is 1.56 bits per heavy atom. The van der Waals surface area contributed by atoms with Gasteiger partial charge in [0.25, 0.3) is 5.91 Å². The van der Waals surface area contributed by atoms with Gasteiger partial charge in [-0.15, -0.1) is 0 Å². The van der Waals surface area contributed by atoms with Crippen molar-refractivity contribution in [2.24, 2.45) is 5.73 Å². The monoisotopic (exact) mass is 270 g/mol. The van der Waals surface area contributed by atoms with E-state index in [2.05, 4.69) is 0 Å². The van der Waals surface area contributed by atoms with E-state index in [1.165, 1.54) is 12.1 Å². The van der Waals surface area contributed by atoms with Crippen molar-refractivity contribution in [1.29, 1.82) is 0 Å². The maximum absolute atomic E-state index is 13.8. The molecule has 98 valence electrons. The molecule has 0 aliphatic carbocycles. The number of rotatable bonds is 1. The SMILES string of the molecule is CC1CC(N)CCN1C(=O)c1cccc(Cl)c1F. The van der Waals surface area contributed by atoms with Crippen molar-refractivity contribution in [2.75, 3.05) is 6.54 Å². The molecule has 0 bridgehead atoms. The summed E-state index contributed by atoms with van der Waals surface area (Å²) in [7, 11) is 0. The Labute approximate surface area is 111 Å². The summed E-state index contributed by atoms with van der Waals surface area (Å²) in [5.41, 5.74) is 5.88. The molecule has 0 spiro atoms. The highest BCUT2D eigenvalue weighted by Gasteiger charge is 2.29. The van der Waals surface area contributed by atoms with Gasteiger partial charge in [-0.1, -0.05) is 17.7 Å². The summed E-state index contributed by atoms with van der Waals surface area (Å²) in [4.78, 5) is 13.9. The van der Waals surface area contributed by atoms with Crippen LogP contribution in [0.1, 0.15) is 30.1 Å². The first kappa shape index (κ1) is 13.3. The Morgan fingerprint density at radius 2 is 2.28 bits per heavy atom. The third-order valence-corrected chi connectivity index (χ3v) is 3.65. The first-order valence-corrected chi connectivity index (χ1v) is 6.39. The first-order valence-electron chi connectivity index (χ1n) is 6.01. The van der Waals surface area contributed by atoms with Crippen LogP contribution in [0.15, 0.2) is 18.2 Å². The highest BCUT2D eigenvalue weighted by atomic mass is 35.5. The van der Waals surface area contributed by atoms with Gasteiger partial charge in [-0.05, 0) is 31.9 Å². The fraction of sp³-hybridized carbons (Fsp3) is 0.462. The Kier molecular flexibility index (Phi) is 3.88. The average Bonchev–Trinajstić information content (AvgIpc) is 2.32. The molecule has 0 radical (unpaired) electrons. The molecule has 1 heterocycles. The number of benzene rings is 1. The zero-order chi connectivity index (χ0) is 13.3. The zero-order valence-electron chi connectivity index (χ0n) is 10.2. The van der Waals surface area contributed by atoms with Crippen molar-refractivity contribution in [3.8, 4) is 0 Å². The topological polar surface area (TPSA) is 46.3 Å². The quantitative estimate of drug-likeness (QED) is 0.852. The maximum Gasteiger partial charge on any atom is 0.257 e. The van der Waals surface area contributed by atoms with E-state index in [-0.39, 0.29) is 28.6 Å². The van der Waals surface area contributed by atoms with Crippen LogP contribution in [-0.4, -0.2) is 29.4 Å². The number of carbonyl (C=O) groups excluding carboxylic acids is 1. The highest BCUT2D eigenvalue weighted by Crippen LogP contribution is 2.23. The van der Waals surface area contributed by atoms with Crippen LogP contribution >= 0.6 is 11.6 Å². The molecule has 1 amide bonds. The minimum atomic E-state index is -0.647. The Balaban J connectivity index is 2.23. The molecule has 5 heteroatoms. The second kappa shape index (κ2) is 5.24. The van der Waals surface area contributed by atoms with E-state index in [1.807, 2.05) is 6.92 Å². The average molecular weight is 271 g/mol. The van der Waals surface area contributed by atoms with Gasteiger partial charge in [0.15, 0.2) is 5.82 Å². The van der Waals surface area contributed by atoms with Crippen LogP contribution in [0, 0.1) is 5.82 Å². The van der Waals surface area contributed by atoms with Crippen LogP contribution in [0.2, 0.25) is 5.02 Å². The van der Waals surface area contributed by atoms with Gasteiger partial charge in [-0.2, -0.15) is 0 Å². The molecule has 18 heavy (non-hydrogen) atoms. The lowest BCUT2D eigenvalue weighted by Gasteiger charge is -2.36. The summed E-state index contributed by atoms with van der Waals surface area (Å²) in [6.07, 6.45) is 1.49. The van der Waals surface area contributed by atoms with Crippen LogP contribution in [0.3, 0.4) is 0 Å². The highest BCUT2D eigenvalue weighted by molar-refractivity contribution is 6.31. The zero-order valence-corrected chi connectivity index (χ0v) is 11.0. The van der Waals surface area contributed by atoms with Gasteiger partial charge in [0, 0.05) is 18.6 Å². The maximum atomic E-state index is 13.8. The number of amides is 1. The Hall–Kier alpha value is -1.13. The van der Waals surface area contributed by atoms with Crippen molar-refractivity contribution in [1.82, 2.24) is 4.90 Å². The van der Waals surface area contributed by atoms with Crippen LogP contribution in [0.5, 0.6) is 0 Å². The third kappa shape index (κ3) is 2.49. The second-order valence-electron chi connectivity index (χ2n) is 4.73. The minimum absolute atomic E-state index is 0.0257. The number of nitrogens with zero attached hydrogens (tertiary/aromatic N) is 1. The van der Waals surface area contributed by atoms with Crippen LogP contribution in [0.25, 0.3) is 0 Å². The molecule has 0 saturated carbocycles. The molecular weight excluding hydrogens is 255 g/mol. The Morgan fingerprint density at radius 3 is 2.94 bits per heavy atom. The second-order valence-corrected chi connectivity index (χ2v) is 5.14. The lowest BCUT2D eigenvalue weighted by Crippen LogP contribution is -2.48. The van der Waals surface area contributed by atoms with Crippen LogP contribution in [0.4, 0.5) is 4.39 Å². The molecule has 0 aromatic heterocycles. The van der Waals surface area contributed by atoms with E-state index in [9.17, 15) is 9.18 Å². The summed E-state index contributed by atoms with van der Waals surface area (Å²) in [5.74, 6) is -0.958. The van der Waals surface area contributed by atoms with Crippen molar-refractivity contribution < 1.29 is 9.18 Å². The molecule has 3 nitrogen and oxygen atoms in total. The van der Waals surface area contributed by atoms with Crippen LogP contribution < -0.4 is 5.73 Å². The van der Waals surface area contributed by atoms with Gasteiger partial charge >= 0.3 is 0 Å². The molecule has 1 fully saturated rings. The lowest BCUT2D eigenvalue weighted by molar-refractivity contribution is 0.0614. The van der Waals surface area contributed by atoms with Gasteiger partial charge in [-0.25, -0.2) is 4.39 Å². The van der Waals surface area contributed by atoms with Gasteiger partial charge < -0.3 is 10.6 Å². The minimum Gasteiger partial charge on any atom is -0.336 e. The van der Waals surface area contributed by atoms with Crippen molar-refractivity contribution in [2.45, 2.75) is 31.8 Å². The van der Waals surface area contributed by atoms with Gasteiger partial charge in [0.05, 0.1) is 10.6 Å². The largest absolute Gasteiger partial charge is 0.336 e. The van der Waals surface area contributed by atoms with E-state index in [0.29, 0.717) is 6.54 Å². The smallest absolute Gasteiger partial charge is 0.257 e. The summed E-state index contributed by atoms with van der Waals surface area (Å²) >= 11 is 5.69. The number of carbonyl (C=O) groups is 1. The van der Waals surface area contributed by atoms with E-state index < -0.39 is 5.82 Å². The molecule has 1 aliphatic rings. The van der Waals surface area contributed by atoms with Crippen molar-refractivity contribution in [3.63, 3.8) is 0 Å². The fourth-order valence-electron chi connectivity index (χ4n) is 2.33. The van der Waals surface area contributed by atoms with Crippen LogP contribution in [-0.2, 0) is 0 Å². The summed E-state index contributed by atoms with van der Waals surface area (Å²) in [6.45, 7) is 2.49. The summed E-state index contributed by atoms with van der Waals surface area (Å²) in [6, 6.07) is 4.63. The molecule has 1 aliphatic heterocycles. The van der Waals surface area contributed by atoms with E-state index >= 15 is 0 Å². The number of hydrogen-bond donors (Lipinski definition) is 1. The normalized spacial score (nSPS) is 24.1. The summed E-state index contributed by atoms with van der Waals surface area (Å²) in [5, 5.41) is -0.0257. The van der Waals surface area contributed by atoms with Gasteiger partial charge in [0.1, 0.15) is 0 Å². The van der Waals surface area contributed by atoms with Gasteiger partial charge in [-0.3, -0.25) is 4.79 Å². The predicted octanol–water partition coefficient (Wildman–Crippen LogP) is 2.43. The van der Waals surface area contributed by atoms with Crippen molar-refractivity contribution in [3.05, 3.63) is 34.6 Å². The standard InChI is InChI=1S/C13H16ClFN2O/c1-8-7-9(16)5-6-17(8)13(18)10-3-2-4-11(14)12(10)15/h2-4,8-9H,5-7,16H2,1H3. The number of likely N-dealkylation sites (tertiary alicyclic amines) is 1. The number of piperidine rings is 1. The Bertz CT molecular complexity index is 466. The number of hydrogen-bond acceptors (Lipinski definition) is 2. The number of nitrogens with two attached hydrogens (primary N) is 1. The van der Waals surface area contributed by atoms with E-state index in [4.69, 9.17) is 17.3 Å². The molecule has 2 atom stereocenters. The lowest BCUT2D eigenvalue weighted by atomic mass is 9.98. The van der Waals surface area contributed by atoms with Crippen molar-refractivity contribution >= 4 is 17.5 Å².